The van der Waals surface area contributed by atoms with Crippen molar-refractivity contribution in [2.75, 3.05) is 20.1 Å². The van der Waals surface area contributed by atoms with Gasteiger partial charge in [-0.3, -0.25) is 9.98 Å². The minimum atomic E-state index is -0.530. The number of rotatable bonds is 6. The minimum absolute atomic E-state index is 0.334. The molecule has 1 N–H and O–H groups in total. The third-order valence-electron chi connectivity index (χ3n) is 4.32. The Hall–Kier alpha value is -2.63. The highest BCUT2D eigenvalue weighted by Gasteiger charge is 2.23. The molecule has 1 aliphatic rings. The Balaban J connectivity index is 2.05. The van der Waals surface area contributed by atoms with E-state index >= 15 is 0 Å². The first-order valence-corrected chi connectivity index (χ1v) is 9.78. The number of aryl methyl sites for hydroxylation is 1. The lowest BCUT2D eigenvalue weighted by Gasteiger charge is -2.28. The van der Waals surface area contributed by atoms with Crippen molar-refractivity contribution in [1.29, 1.82) is 0 Å². The first-order chi connectivity index (χ1) is 13.2. The van der Waals surface area contributed by atoms with Crippen molar-refractivity contribution in [1.82, 2.24) is 15.2 Å². The molecular weight excluding hydrogens is 352 g/mol. The molecule has 0 atom stereocenters. The van der Waals surface area contributed by atoms with E-state index in [9.17, 15) is 4.79 Å². The Kier molecular flexibility index (Phi) is 7.38. The first-order valence-electron chi connectivity index (χ1n) is 9.78. The first kappa shape index (κ1) is 21.7. The molecule has 0 spiro atoms. The summed E-state index contributed by atoms with van der Waals surface area (Å²) in [7, 11) is 1.71. The van der Waals surface area contributed by atoms with Crippen LogP contribution in [0.2, 0.25) is 0 Å². The van der Waals surface area contributed by atoms with Crippen LogP contribution in [0.3, 0.4) is 0 Å². The number of amides is 1. The van der Waals surface area contributed by atoms with E-state index in [4.69, 9.17) is 4.74 Å². The molecule has 0 saturated carbocycles. The summed E-state index contributed by atoms with van der Waals surface area (Å²) in [6.07, 6.45) is 6.21. The number of hydrogen-bond acceptors (Lipinski definition) is 4. The van der Waals surface area contributed by atoms with Gasteiger partial charge in [0.1, 0.15) is 11.4 Å². The number of allylic oxidation sites excluding steroid dienone is 1. The maximum atomic E-state index is 12.5. The summed E-state index contributed by atoms with van der Waals surface area (Å²) in [5, 5.41) is 3.29. The van der Waals surface area contributed by atoms with E-state index < -0.39 is 5.60 Å². The summed E-state index contributed by atoms with van der Waals surface area (Å²) in [6, 6.07) is 4.01. The van der Waals surface area contributed by atoms with Gasteiger partial charge in [-0.1, -0.05) is 19.6 Å². The Morgan fingerprint density at radius 1 is 1.39 bits per heavy atom. The second-order valence-electron chi connectivity index (χ2n) is 7.88. The van der Waals surface area contributed by atoms with Gasteiger partial charge in [0.15, 0.2) is 0 Å². The number of carbonyl (C=O) groups is 1. The normalized spacial score (nSPS) is 14.0. The van der Waals surface area contributed by atoms with Crippen LogP contribution in [0.25, 0.3) is 6.08 Å². The number of carbonyl (C=O) groups excluding carboxylic acids is 1. The van der Waals surface area contributed by atoms with Crippen molar-refractivity contribution in [3.05, 3.63) is 47.4 Å². The highest BCUT2D eigenvalue weighted by Crippen LogP contribution is 2.25. The molecule has 1 amide bonds. The summed E-state index contributed by atoms with van der Waals surface area (Å²) in [5.74, 6) is 0.683. The number of aliphatic imine (C=N–C) groups is 1. The van der Waals surface area contributed by atoms with E-state index in [1.807, 2.05) is 40.0 Å². The largest absolute Gasteiger partial charge is 0.444 e. The summed E-state index contributed by atoms with van der Waals surface area (Å²) in [4.78, 5) is 22.9. The summed E-state index contributed by atoms with van der Waals surface area (Å²) in [5.41, 5.74) is 3.64. The highest BCUT2D eigenvalue weighted by atomic mass is 16.6. The van der Waals surface area contributed by atoms with Crippen LogP contribution >= 0.6 is 0 Å². The van der Waals surface area contributed by atoms with E-state index in [2.05, 4.69) is 34.0 Å². The number of nitrogens with zero attached hydrogens (tertiary/aromatic N) is 3. The fourth-order valence-corrected chi connectivity index (χ4v) is 2.97. The number of aromatic nitrogens is 1. The van der Waals surface area contributed by atoms with Gasteiger partial charge in [0, 0.05) is 31.2 Å². The molecule has 0 saturated heterocycles. The summed E-state index contributed by atoms with van der Waals surface area (Å²) in [6.45, 7) is 12.8. The van der Waals surface area contributed by atoms with Crippen LogP contribution in [0, 0.1) is 0 Å². The predicted octanol–water partition coefficient (Wildman–Crippen LogP) is 4.19. The molecule has 6 heteroatoms. The highest BCUT2D eigenvalue weighted by molar-refractivity contribution is 5.89. The fourth-order valence-electron chi connectivity index (χ4n) is 2.97. The average Bonchev–Trinajstić information content (AvgIpc) is 2.65. The van der Waals surface area contributed by atoms with Gasteiger partial charge in [-0.05, 0) is 63.3 Å². The lowest BCUT2D eigenvalue weighted by atomic mass is 9.94. The second kappa shape index (κ2) is 9.53. The van der Waals surface area contributed by atoms with Crippen molar-refractivity contribution in [2.24, 2.45) is 4.99 Å². The molecule has 0 aliphatic heterocycles. The molecule has 6 nitrogen and oxygen atoms in total. The minimum Gasteiger partial charge on any atom is -0.444 e. The second-order valence-corrected chi connectivity index (χ2v) is 7.88. The van der Waals surface area contributed by atoms with Crippen molar-refractivity contribution < 1.29 is 9.53 Å². The third-order valence-corrected chi connectivity index (χ3v) is 4.32. The number of amidine groups is 1. The Morgan fingerprint density at radius 3 is 2.79 bits per heavy atom. The molecule has 1 aromatic rings. The quantitative estimate of drug-likeness (QED) is 0.590. The lowest BCUT2D eigenvalue weighted by molar-refractivity contribution is 0.0278. The van der Waals surface area contributed by atoms with Gasteiger partial charge in [-0.25, -0.2) is 4.79 Å². The van der Waals surface area contributed by atoms with Crippen LogP contribution < -0.4 is 5.32 Å². The number of fused-ring (bicyclic) bond motifs is 1. The Bertz CT molecular complexity index is 775. The molecule has 0 aromatic carbocycles. The lowest BCUT2D eigenvalue weighted by Crippen LogP contribution is -2.43. The average molecular weight is 385 g/mol. The van der Waals surface area contributed by atoms with Gasteiger partial charge in [-0.15, -0.1) is 0 Å². The van der Waals surface area contributed by atoms with Crippen molar-refractivity contribution in [2.45, 2.75) is 52.6 Å². The van der Waals surface area contributed by atoms with Crippen molar-refractivity contribution in [3.63, 3.8) is 0 Å². The SMILES string of the molecule is C=C(NC(CN(CCC)C(=O)OC(C)(C)C)=NC)C1=Cc2cccnc2CC1. The summed E-state index contributed by atoms with van der Waals surface area (Å²) >= 11 is 0. The van der Waals surface area contributed by atoms with Gasteiger partial charge in [0.25, 0.3) is 0 Å². The Morgan fingerprint density at radius 2 is 2.14 bits per heavy atom. The molecule has 28 heavy (non-hydrogen) atoms. The smallest absolute Gasteiger partial charge is 0.410 e. The molecule has 1 aromatic heterocycles. The maximum absolute atomic E-state index is 12.5. The van der Waals surface area contributed by atoms with Crippen LogP contribution in [-0.4, -0.2) is 47.6 Å². The molecule has 1 aliphatic carbocycles. The maximum Gasteiger partial charge on any atom is 0.410 e. The molecule has 0 bridgehead atoms. The number of nitrogens with one attached hydrogen (secondary N) is 1. The van der Waals surface area contributed by atoms with Crippen LogP contribution in [-0.2, 0) is 11.2 Å². The van der Waals surface area contributed by atoms with Gasteiger partial charge >= 0.3 is 6.09 Å². The molecular formula is C22H32N4O2. The zero-order chi connectivity index (χ0) is 20.7. The van der Waals surface area contributed by atoms with Crippen LogP contribution in [0.4, 0.5) is 4.79 Å². The van der Waals surface area contributed by atoms with Crippen LogP contribution in [0.15, 0.2) is 41.2 Å². The van der Waals surface area contributed by atoms with Gasteiger partial charge < -0.3 is 15.0 Å². The van der Waals surface area contributed by atoms with E-state index in [1.54, 1.807) is 11.9 Å². The zero-order valence-electron chi connectivity index (χ0n) is 17.7. The van der Waals surface area contributed by atoms with E-state index in [1.165, 1.54) is 0 Å². The van der Waals surface area contributed by atoms with Crippen molar-refractivity contribution in [3.8, 4) is 0 Å². The molecule has 2 rings (SSSR count). The monoisotopic (exact) mass is 384 g/mol. The molecule has 0 unspecified atom stereocenters. The standard InChI is InChI=1S/C22H32N4O2/c1-7-13-26(21(27)28-22(3,4)5)15-20(23-6)25-16(2)17-10-11-19-18(14-17)9-8-12-24-19/h8-9,12,14H,2,7,10-11,13,15H2,1,3-6H3,(H,23,25). The van der Waals surface area contributed by atoms with Crippen LogP contribution in [0.5, 0.6) is 0 Å². The number of ether oxygens (including phenoxy) is 1. The van der Waals surface area contributed by atoms with Gasteiger partial charge in [-0.2, -0.15) is 0 Å². The van der Waals surface area contributed by atoms with Gasteiger partial charge in [0.05, 0.1) is 6.54 Å². The fraction of sp³-hybridized carbons (Fsp3) is 0.500. The van der Waals surface area contributed by atoms with Gasteiger partial charge in [0.2, 0.25) is 0 Å². The topological polar surface area (TPSA) is 66.8 Å². The molecule has 152 valence electrons. The summed E-state index contributed by atoms with van der Waals surface area (Å²) < 4.78 is 5.52. The molecule has 1 heterocycles. The van der Waals surface area contributed by atoms with E-state index in [0.29, 0.717) is 18.9 Å². The number of hydrogen-bond donors (Lipinski definition) is 1. The molecule has 0 fully saturated rings. The Labute approximate surface area is 168 Å². The van der Waals surface area contributed by atoms with E-state index in [-0.39, 0.29) is 6.09 Å². The predicted molar refractivity (Wildman–Crippen MR) is 114 cm³/mol. The van der Waals surface area contributed by atoms with E-state index in [0.717, 1.165) is 41.8 Å². The zero-order valence-corrected chi connectivity index (χ0v) is 17.7. The number of pyridine rings is 1. The van der Waals surface area contributed by atoms with Crippen molar-refractivity contribution >= 4 is 18.0 Å². The third kappa shape index (κ3) is 6.22. The molecule has 0 radical (unpaired) electrons. The van der Waals surface area contributed by atoms with Crippen LogP contribution in [0.1, 0.15) is 51.8 Å².